The predicted octanol–water partition coefficient (Wildman–Crippen LogP) is 3.79. The number of amides is 3. The number of hydrogen-bond acceptors (Lipinski definition) is 5. The Morgan fingerprint density at radius 1 is 1.15 bits per heavy atom. The average Bonchev–Trinajstić information content (AvgIpc) is 3.64. The molecule has 0 bridgehead atoms. The minimum absolute atomic E-state index is 0.0120. The molecule has 3 amide bonds. The molecule has 2 saturated heterocycles. The fourth-order valence-corrected chi connectivity index (χ4v) is 6.90. The maximum Gasteiger partial charge on any atom is 0.408 e. The third-order valence-electron chi connectivity index (χ3n) is 8.10. The van der Waals surface area contributed by atoms with Gasteiger partial charge in [0.25, 0.3) is 5.91 Å². The van der Waals surface area contributed by atoms with Crippen LogP contribution in [-0.2, 0) is 15.0 Å². The highest BCUT2D eigenvalue weighted by Crippen LogP contribution is 2.51. The quantitative estimate of drug-likeness (QED) is 0.490. The van der Waals surface area contributed by atoms with Crippen molar-refractivity contribution < 1.29 is 27.6 Å². The summed E-state index contributed by atoms with van der Waals surface area (Å²) in [6, 6.07) is 5.14. The summed E-state index contributed by atoms with van der Waals surface area (Å²) in [4.78, 5) is 48.4. The van der Waals surface area contributed by atoms with Crippen LogP contribution in [0.3, 0.4) is 0 Å². The lowest BCUT2D eigenvalue weighted by Crippen LogP contribution is -2.53. The molecule has 1 aromatic carbocycles. The monoisotopic (exact) mass is 604 g/mol. The summed E-state index contributed by atoms with van der Waals surface area (Å²) in [5, 5.41) is 7.39. The first kappa shape index (κ1) is 25.8. The number of likely N-dealkylation sites (tertiary alicyclic amines) is 2. The summed E-state index contributed by atoms with van der Waals surface area (Å²) in [6.45, 7) is 0.130. The number of aromatic nitrogens is 3. The van der Waals surface area contributed by atoms with Crippen LogP contribution >= 0.6 is 15.9 Å². The number of rotatable bonds is 3. The van der Waals surface area contributed by atoms with Crippen LogP contribution < -0.4 is 4.90 Å². The first-order valence-corrected chi connectivity index (χ1v) is 13.4. The molecule has 1 spiro atoms. The average molecular weight is 605 g/mol. The fourth-order valence-electron chi connectivity index (χ4n) is 6.17. The van der Waals surface area contributed by atoms with Gasteiger partial charge < -0.3 is 14.7 Å². The molecule has 2 aromatic heterocycles. The van der Waals surface area contributed by atoms with Crippen molar-refractivity contribution >= 4 is 50.4 Å². The summed E-state index contributed by atoms with van der Waals surface area (Å²) in [7, 11) is 0. The number of pyridine rings is 1. The number of benzene rings is 1. The lowest BCUT2D eigenvalue weighted by atomic mass is 9.73. The van der Waals surface area contributed by atoms with Gasteiger partial charge in [-0.05, 0) is 43.9 Å². The zero-order valence-corrected chi connectivity index (χ0v) is 22.3. The van der Waals surface area contributed by atoms with E-state index in [-0.39, 0.29) is 31.2 Å². The first-order valence-electron chi connectivity index (χ1n) is 12.7. The molecule has 1 atom stereocenters. The number of carbonyl (C=O) groups excluding carboxylic acids is 3. The van der Waals surface area contributed by atoms with Gasteiger partial charge in [-0.3, -0.25) is 19.5 Å². The number of hydrogen-bond donors (Lipinski definition) is 1. The maximum absolute atomic E-state index is 14.0. The standard InChI is InChI=1S/C26H24BrF3N6O3/c27-17-3-1-4-18-21(17)25(24(39)36(18)14-20(37)35-8-2-5-19(35)26(28,29)30)6-9-34(10-7-25)23(38)16-11-15-13-32-33-22(15)31-12-16/h1,3-4,11-13,19H,2,5-10,14H2,(H,31,32,33). The second-order valence-corrected chi connectivity index (χ2v) is 11.1. The number of nitrogens with one attached hydrogen (secondary N) is 1. The van der Waals surface area contributed by atoms with Crippen LogP contribution in [-0.4, -0.2) is 81.1 Å². The highest BCUT2D eigenvalue weighted by molar-refractivity contribution is 9.10. The zero-order valence-electron chi connectivity index (χ0n) is 20.7. The molecule has 1 unspecified atom stereocenters. The molecule has 1 N–H and O–H groups in total. The Hall–Kier alpha value is -3.48. The molecule has 5 heterocycles. The van der Waals surface area contributed by atoms with E-state index in [4.69, 9.17) is 0 Å². The van der Waals surface area contributed by atoms with Gasteiger partial charge in [-0.2, -0.15) is 18.3 Å². The van der Waals surface area contributed by atoms with E-state index < -0.39 is 30.1 Å². The molecule has 39 heavy (non-hydrogen) atoms. The van der Waals surface area contributed by atoms with Gasteiger partial charge in [0.1, 0.15) is 12.6 Å². The molecule has 13 heteroatoms. The van der Waals surface area contributed by atoms with E-state index in [9.17, 15) is 27.6 Å². The number of halogens is 4. The van der Waals surface area contributed by atoms with Gasteiger partial charge in [0.05, 0.1) is 17.2 Å². The van der Waals surface area contributed by atoms with Crippen molar-refractivity contribution in [3.63, 3.8) is 0 Å². The third kappa shape index (κ3) is 4.17. The Morgan fingerprint density at radius 3 is 2.67 bits per heavy atom. The van der Waals surface area contributed by atoms with Crippen LogP contribution in [0.4, 0.5) is 18.9 Å². The second kappa shape index (κ2) is 9.32. The predicted molar refractivity (Wildman–Crippen MR) is 138 cm³/mol. The summed E-state index contributed by atoms with van der Waals surface area (Å²) in [5.74, 6) is -1.26. The lowest BCUT2D eigenvalue weighted by molar-refractivity contribution is -0.182. The molecule has 3 aromatic rings. The van der Waals surface area contributed by atoms with Crippen LogP contribution in [0.15, 0.2) is 41.1 Å². The van der Waals surface area contributed by atoms with Gasteiger partial charge in [-0.1, -0.05) is 22.0 Å². The van der Waals surface area contributed by atoms with Gasteiger partial charge in [0, 0.05) is 46.9 Å². The van der Waals surface area contributed by atoms with Crippen molar-refractivity contribution in [1.82, 2.24) is 25.0 Å². The molecule has 2 fully saturated rings. The molecule has 0 radical (unpaired) electrons. The van der Waals surface area contributed by atoms with Gasteiger partial charge in [-0.15, -0.1) is 0 Å². The van der Waals surface area contributed by atoms with E-state index in [1.165, 1.54) is 11.1 Å². The molecule has 9 nitrogen and oxygen atoms in total. The van der Waals surface area contributed by atoms with E-state index in [0.29, 0.717) is 58.3 Å². The van der Waals surface area contributed by atoms with Crippen LogP contribution in [0.1, 0.15) is 41.6 Å². The Morgan fingerprint density at radius 2 is 1.92 bits per heavy atom. The van der Waals surface area contributed by atoms with Crippen molar-refractivity contribution in [3.8, 4) is 0 Å². The maximum atomic E-state index is 14.0. The highest BCUT2D eigenvalue weighted by Gasteiger charge is 2.55. The number of carbonyl (C=O) groups is 3. The Labute approximate surface area is 229 Å². The Kier molecular flexibility index (Phi) is 6.16. The van der Waals surface area contributed by atoms with Crippen LogP contribution in [0.5, 0.6) is 0 Å². The van der Waals surface area contributed by atoms with E-state index in [1.807, 2.05) is 6.07 Å². The summed E-state index contributed by atoms with van der Waals surface area (Å²) >= 11 is 3.56. The highest BCUT2D eigenvalue weighted by atomic mass is 79.9. The Balaban J connectivity index is 1.24. The van der Waals surface area contributed by atoms with Crippen molar-refractivity contribution in [2.75, 3.05) is 31.1 Å². The van der Waals surface area contributed by atoms with Gasteiger partial charge in [0.2, 0.25) is 11.8 Å². The summed E-state index contributed by atoms with van der Waals surface area (Å²) in [6.07, 6.45) is -0.682. The van der Waals surface area contributed by atoms with Gasteiger partial charge in [-0.25, -0.2) is 4.98 Å². The molecule has 3 aliphatic rings. The molecular formula is C26H24BrF3N6O3. The largest absolute Gasteiger partial charge is 0.408 e. The molecule has 204 valence electrons. The molecule has 6 rings (SSSR count). The van der Waals surface area contributed by atoms with Crippen molar-refractivity contribution in [3.05, 3.63) is 52.3 Å². The van der Waals surface area contributed by atoms with Gasteiger partial charge >= 0.3 is 6.18 Å². The fraction of sp³-hybridized carbons (Fsp3) is 0.423. The number of alkyl halides is 3. The Bertz CT molecular complexity index is 1480. The smallest absolute Gasteiger partial charge is 0.339 e. The number of piperidine rings is 1. The zero-order chi connectivity index (χ0) is 27.5. The summed E-state index contributed by atoms with van der Waals surface area (Å²) in [5.41, 5.74) is 1.22. The van der Waals surface area contributed by atoms with Crippen molar-refractivity contribution in [1.29, 1.82) is 0 Å². The molecule has 0 saturated carbocycles. The lowest BCUT2D eigenvalue weighted by Gasteiger charge is -2.39. The third-order valence-corrected chi connectivity index (χ3v) is 8.76. The number of H-pyrrole nitrogens is 1. The SMILES string of the molecule is O=C(c1cnc2[nH]ncc2c1)N1CCC2(CC1)C(=O)N(CC(=O)N1CCCC1C(F)(F)F)c1cccc(Br)c12. The van der Waals surface area contributed by atoms with E-state index in [2.05, 4.69) is 31.1 Å². The summed E-state index contributed by atoms with van der Waals surface area (Å²) < 4.78 is 41.2. The van der Waals surface area contributed by atoms with E-state index >= 15 is 0 Å². The first-order chi connectivity index (χ1) is 18.6. The van der Waals surface area contributed by atoms with Crippen LogP contribution in [0.25, 0.3) is 11.0 Å². The number of anilines is 1. The minimum Gasteiger partial charge on any atom is -0.339 e. The van der Waals surface area contributed by atoms with Crippen LogP contribution in [0, 0.1) is 0 Å². The molecular weight excluding hydrogens is 581 g/mol. The van der Waals surface area contributed by atoms with E-state index in [0.717, 1.165) is 4.90 Å². The molecule has 3 aliphatic heterocycles. The topological polar surface area (TPSA) is 102 Å². The number of fused-ring (bicyclic) bond motifs is 3. The van der Waals surface area contributed by atoms with E-state index in [1.54, 1.807) is 29.3 Å². The van der Waals surface area contributed by atoms with Crippen molar-refractivity contribution in [2.45, 2.75) is 43.3 Å². The number of aromatic amines is 1. The second-order valence-electron chi connectivity index (χ2n) is 10.2. The molecule has 0 aliphatic carbocycles. The minimum atomic E-state index is -4.51. The van der Waals surface area contributed by atoms with Crippen molar-refractivity contribution in [2.24, 2.45) is 0 Å². The number of nitrogens with zero attached hydrogens (tertiary/aromatic N) is 5. The van der Waals surface area contributed by atoms with Crippen LogP contribution in [0.2, 0.25) is 0 Å². The van der Waals surface area contributed by atoms with Gasteiger partial charge in [0.15, 0.2) is 5.65 Å². The normalized spacial score (nSPS) is 20.8.